The Kier molecular flexibility index (Phi) is 6.68. The van der Waals surface area contributed by atoms with Crippen molar-refractivity contribution in [2.45, 2.75) is 6.42 Å². The molecule has 0 rings (SSSR count). The third-order valence-corrected chi connectivity index (χ3v) is 3.67. The molecule has 0 amide bonds. The average molecular weight is 282 g/mol. The molecule has 0 aliphatic carbocycles. The molecule has 0 aromatic rings. The van der Waals surface area contributed by atoms with Gasteiger partial charge in [0.1, 0.15) is 5.75 Å². The summed E-state index contributed by atoms with van der Waals surface area (Å²) in [5.41, 5.74) is 0. The fourth-order valence-electron chi connectivity index (χ4n) is 0.612. The monoisotopic (exact) mass is 282 g/mol. The molecule has 0 aliphatic rings. The Morgan fingerprint density at radius 1 is 1.12 bits per heavy atom. The lowest BCUT2D eigenvalue weighted by Crippen LogP contribution is -2.18. The summed E-state index contributed by atoms with van der Waals surface area (Å²) in [6.45, 7) is 5.13. The van der Waals surface area contributed by atoms with E-state index >= 15 is 0 Å². The first-order chi connectivity index (χ1) is 7.83. The maximum Gasteiger partial charge on any atom is 0.277 e. The van der Waals surface area contributed by atoms with E-state index in [-0.39, 0.29) is 13.0 Å². The highest BCUT2D eigenvalue weighted by molar-refractivity contribution is 7.87. The Labute approximate surface area is 99.8 Å². The summed E-state index contributed by atoms with van der Waals surface area (Å²) in [6.07, 6.45) is -0.257. The van der Waals surface area contributed by atoms with Crippen molar-refractivity contribution in [1.29, 1.82) is 5.26 Å². The highest BCUT2D eigenvalue weighted by Crippen LogP contribution is 2.00. The van der Waals surface area contributed by atoms with Crippen LogP contribution in [-0.4, -0.2) is 41.7 Å². The van der Waals surface area contributed by atoms with E-state index in [4.69, 9.17) is 11.8 Å². The van der Waals surface area contributed by atoms with Crippen LogP contribution in [0.3, 0.4) is 0 Å². The molecule has 10 heteroatoms. The molecule has 0 atom stereocenters. The van der Waals surface area contributed by atoms with Crippen LogP contribution in [0.4, 0.5) is 0 Å². The zero-order chi connectivity index (χ0) is 13.4. The molecule has 0 spiro atoms. The Balaban J connectivity index is 4.08. The van der Waals surface area contributed by atoms with Crippen molar-refractivity contribution in [3.8, 4) is 6.07 Å². The van der Waals surface area contributed by atoms with Gasteiger partial charge in [0.05, 0.1) is 18.2 Å². The van der Waals surface area contributed by atoms with Crippen molar-refractivity contribution >= 4 is 20.2 Å². The van der Waals surface area contributed by atoms with Crippen LogP contribution in [0.5, 0.6) is 0 Å². The van der Waals surface area contributed by atoms with Gasteiger partial charge in [-0.15, -0.1) is 0 Å². The first-order valence-corrected chi connectivity index (χ1v) is 7.43. The van der Waals surface area contributed by atoms with E-state index < -0.39 is 38.5 Å². The molecule has 0 saturated heterocycles. The quantitative estimate of drug-likeness (QED) is 0.334. The van der Waals surface area contributed by atoms with Crippen molar-refractivity contribution in [3.05, 3.63) is 11.4 Å². The molecule has 0 aromatic carbocycles. The van der Waals surface area contributed by atoms with E-state index in [0.29, 0.717) is 0 Å². The van der Waals surface area contributed by atoms with Crippen molar-refractivity contribution < 1.29 is 25.2 Å². The van der Waals surface area contributed by atoms with Gasteiger partial charge >= 0.3 is 0 Å². The van der Waals surface area contributed by atoms with Crippen molar-refractivity contribution in [1.82, 2.24) is 0 Å². The minimum Gasteiger partial charge on any atom is -0.316 e. The van der Waals surface area contributed by atoms with Gasteiger partial charge in [0.25, 0.3) is 20.2 Å². The van der Waals surface area contributed by atoms with Gasteiger partial charge in [-0.3, -0.25) is 0 Å². The summed E-state index contributed by atoms with van der Waals surface area (Å²) in [5, 5.41) is 8.16. The van der Waals surface area contributed by atoms with Gasteiger partial charge in [0.2, 0.25) is 6.54 Å². The second kappa shape index (κ2) is 7.19. The van der Waals surface area contributed by atoms with Crippen LogP contribution in [0, 0.1) is 17.9 Å². The lowest BCUT2D eigenvalue weighted by molar-refractivity contribution is 0.133. The van der Waals surface area contributed by atoms with E-state index in [9.17, 15) is 16.8 Å². The SMILES string of the molecule is [C-]#[N+]CCS(=O)(=O)OCOS(=O)(=O)CCC#N. The molecule has 96 valence electrons. The highest BCUT2D eigenvalue weighted by atomic mass is 32.2. The van der Waals surface area contributed by atoms with Crippen LogP contribution < -0.4 is 0 Å². The van der Waals surface area contributed by atoms with Crippen LogP contribution in [-0.2, 0) is 28.6 Å². The topological polar surface area (TPSA) is 115 Å². The standard InChI is InChI=1S/C7H10N2O6S2/c1-9-4-6-17(12,13)15-7-14-16(10,11)5-2-3-8/h2,4-7H2. The largest absolute Gasteiger partial charge is 0.316 e. The molecule has 8 nitrogen and oxygen atoms in total. The number of hydrogen-bond acceptors (Lipinski definition) is 7. The molecule has 0 aromatic heterocycles. The van der Waals surface area contributed by atoms with Crippen LogP contribution in [0.1, 0.15) is 6.42 Å². The lowest BCUT2D eigenvalue weighted by Gasteiger charge is -2.04. The normalized spacial score (nSPS) is 11.6. The fraction of sp³-hybridized carbons (Fsp3) is 0.714. The average Bonchev–Trinajstić information content (AvgIpc) is 2.23. The van der Waals surface area contributed by atoms with Gasteiger partial charge in [0.15, 0.2) is 6.79 Å². The van der Waals surface area contributed by atoms with Gasteiger partial charge in [0, 0.05) is 0 Å². The first-order valence-electron chi connectivity index (χ1n) is 4.27. The van der Waals surface area contributed by atoms with Gasteiger partial charge in [-0.05, 0) is 0 Å². The van der Waals surface area contributed by atoms with Gasteiger partial charge in [-0.1, -0.05) is 0 Å². The highest BCUT2D eigenvalue weighted by Gasteiger charge is 2.16. The number of rotatable bonds is 8. The van der Waals surface area contributed by atoms with Crippen molar-refractivity contribution in [2.75, 3.05) is 24.8 Å². The fourth-order valence-corrected chi connectivity index (χ4v) is 1.95. The maximum atomic E-state index is 11.0. The maximum absolute atomic E-state index is 11.0. The summed E-state index contributed by atoms with van der Waals surface area (Å²) < 4.78 is 52.4. The van der Waals surface area contributed by atoms with Crippen molar-refractivity contribution in [3.63, 3.8) is 0 Å². The predicted octanol–water partition coefficient (Wildman–Crippen LogP) is -0.530. The summed E-state index contributed by atoms with van der Waals surface area (Å²) in [4.78, 5) is 2.81. The van der Waals surface area contributed by atoms with Crippen LogP contribution >= 0.6 is 0 Å². The molecule has 0 saturated carbocycles. The number of nitrogens with zero attached hydrogens (tertiary/aromatic N) is 2. The second-order valence-corrected chi connectivity index (χ2v) is 6.19. The molecule has 0 bridgehead atoms. The Morgan fingerprint density at radius 2 is 1.65 bits per heavy atom. The van der Waals surface area contributed by atoms with E-state index in [1.54, 1.807) is 6.07 Å². The van der Waals surface area contributed by atoms with Crippen molar-refractivity contribution in [2.24, 2.45) is 0 Å². The smallest absolute Gasteiger partial charge is 0.277 e. The molecule has 0 aliphatic heterocycles. The summed E-state index contributed by atoms with van der Waals surface area (Å²) in [6, 6.07) is 1.61. The third kappa shape index (κ3) is 8.59. The molecule has 0 heterocycles. The van der Waals surface area contributed by atoms with Gasteiger partial charge < -0.3 is 4.85 Å². The van der Waals surface area contributed by atoms with E-state index in [2.05, 4.69) is 13.2 Å². The van der Waals surface area contributed by atoms with Crippen LogP contribution in [0.25, 0.3) is 4.85 Å². The minimum absolute atomic E-state index is 0.257. The molecule has 0 fully saturated rings. The molecular weight excluding hydrogens is 272 g/mol. The molecule has 17 heavy (non-hydrogen) atoms. The third-order valence-electron chi connectivity index (χ3n) is 1.37. The van der Waals surface area contributed by atoms with Crippen LogP contribution in [0.2, 0.25) is 0 Å². The molecular formula is C7H10N2O6S2. The Bertz CT molecular complexity index is 462. The Morgan fingerprint density at radius 3 is 2.12 bits per heavy atom. The molecule has 0 N–H and O–H groups in total. The zero-order valence-electron chi connectivity index (χ0n) is 8.70. The molecule has 0 unspecified atom stereocenters. The predicted molar refractivity (Wildman–Crippen MR) is 56.3 cm³/mol. The number of nitriles is 1. The summed E-state index contributed by atoms with van der Waals surface area (Å²) in [7, 11) is -7.91. The first kappa shape index (κ1) is 15.8. The van der Waals surface area contributed by atoms with E-state index in [0.717, 1.165) is 0 Å². The second-order valence-electron chi connectivity index (χ2n) is 2.67. The summed E-state index contributed by atoms with van der Waals surface area (Å²) in [5.74, 6) is -1.06. The lowest BCUT2D eigenvalue weighted by atomic mass is 10.6. The Hall–Kier alpha value is -1.20. The zero-order valence-corrected chi connectivity index (χ0v) is 10.3. The number of hydrogen-bond donors (Lipinski definition) is 0. The summed E-state index contributed by atoms with van der Waals surface area (Å²) >= 11 is 0. The van der Waals surface area contributed by atoms with Crippen LogP contribution in [0.15, 0.2) is 0 Å². The van der Waals surface area contributed by atoms with E-state index in [1.165, 1.54) is 0 Å². The van der Waals surface area contributed by atoms with Gasteiger partial charge in [-0.25, -0.2) is 14.9 Å². The molecule has 0 radical (unpaired) electrons. The van der Waals surface area contributed by atoms with E-state index in [1.807, 2.05) is 0 Å². The minimum atomic E-state index is -3.96. The van der Waals surface area contributed by atoms with Gasteiger partial charge in [-0.2, -0.15) is 22.1 Å².